The second-order valence-electron chi connectivity index (χ2n) is 8.05. The van der Waals surface area contributed by atoms with Gasteiger partial charge in [0, 0.05) is 11.8 Å². The quantitative estimate of drug-likeness (QED) is 0.147. The maximum absolute atomic E-state index is 6.48. The number of benzene rings is 5. The van der Waals surface area contributed by atoms with Gasteiger partial charge in [0.05, 0.1) is 0 Å². The molecule has 0 heterocycles. The first-order valence-corrected chi connectivity index (χ1v) is 16.2. The van der Waals surface area contributed by atoms with Crippen molar-refractivity contribution < 1.29 is 22.6 Å². The summed E-state index contributed by atoms with van der Waals surface area (Å²) in [5, 5.41) is 0. The molecule has 196 valence electrons. The van der Waals surface area contributed by atoms with E-state index in [-0.39, 0.29) is 0 Å². The zero-order valence-electron chi connectivity index (χ0n) is 20.7. The van der Waals surface area contributed by atoms with E-state index in [4.69, 9.17) is 38.9 Å². The molecule has 0 bridgehead atoms. The first-order chi connectivity index (χ1) is 19.1. The number of rotatable bonds is 11. The lowest BCUT2D eigenvalue weighted by Gasteiger charge is -2.27. The summed E-state index contributed by atoms with van der Waals surface area (Å²) in [7, 11) is -3.74. The molecule has 5 aromatic carbocycles. The molecule has 0 aromatic heterocycles. The van der Waals surface area contributed by atoms with E-state index in [1.54, 1.807) is 60.7 Å². The first kappa shape index (κ1) is 26.6. The molecule has 0 saturated heterocycles. The maximum Gasteiger partial charge on any atom is 0.533 e. The smallest absolute Gasteiger partial charge is 0.419 e. The van der Waals surface area contributed by atoms with Gasteiger partial charge in [-0.25, -0.2) is 0 Å². The second-order valence-corrected chi connectivity index (χ2v) is 12.9. The SMILES string of the molecule is S=P(N=P(Oc1ccccc1)(Oc1ccccc1)Oc1ccccc1)(Oc1ccccc1)Oc1ccccc1. The summed E-state index contributed by atoms with van der Waals surface area (Å²) in [5.41, 5.74) is 0. The molecular weight excluding hydrogens is 548 g/mol. The summed E-state index contributed by atoms with van der Waals surface area (Å²) >= 11 is 6.05. The largest absolute Gasteiger partial charge is 0.533 e. The van der Waals surface area contributed by atoms with Gasteiger partial charge in [-0.3, -0.25) is 0 Å². The monoisotopic (exact) mass is 573 g/mol. The Bertz CT molecular complexity index is 1400. The highest BCUT2D eigenvalue weighted by Crippen LogP contribution is 2.63. The standard InChI is InChI=1S/C30H25NO5P2S/c39-38(35-29-22-12-4-13-23-29,36-30-24-14-5-15-25-30)31-37(32-26-16-6-1-7-17-26,33-27-18-8-2-9-19-27)34-28-20-10-3-11-21-28/h1-25H. The van der Waals surface area contributed by atoms with Gasteiger partial charge in [-0.2, -0.15) is 0 Å². The molecule has 0 unspecified atom stereocenters. The fourth-order valence-corrected chi connectivity index (χ4v) is 8.59. The van der Waals surface area contributed by atoms with E-state index in [9.17, 15) is 0 Å². The summed E-state index contributed by atoms with van der Waals surface area (Å²) < 4.78 is 37.0. The molecule has 0 amide bonds. The average Bonchev–Trinajstić information content (AvgIpc) is 2.95. The lowest BCUT2D eigenvalue weighted by Crippen LogP contribution is -2.10. The van der Waals surface area contributed by atoms with Gasteiger partial charge in [-0.1, -0.05) is 95.5 Å². The summed E-state index contributed by atoms with van der Waals surface area (Å²) in [6.45, 7) is -3.56. The number of nitrogens with zero attached hydrogens (tertiary/aromatic N) is 1. The number of para-hydroxylation sites is 5. The lowest BCUT2D eigenvalue weighted by molar-refractivity contribution is 0.370. The number of hydrogen-bond donors (Lipinski definition) is 0. The van der Waals surface area contributed by atoms with Crippen LogP contribution >= 0.6 is 14.4 Å². The van der Waals surface area contributed by atoms with Crippen LogP contribution in [0.1, 0.15) is 0 Å². The van der Waals surface area contributed by atoms with E-state index in [0.29, 0.717) is 28.7 Å². The summed E-state index contributed by atoms with van der Waals surface area (Å²) in [6, 6.07) is 45.9. The summed E-state index contributed by atoms with van der Waals surface area (Å²) in [4.78, 5) is 0. The van der Waals surface area contributed by atoms with Crippen molar-refractivity contribution in [2.24, 2.45) is 4.52 Å². The van der Waals surface area contributed by atoms with E-state index in [0.717, 1.165) is 0 Å². The van der Waals surface area contributed by atoms with Crippen LogP contribution < -0.4 is 22.6 Å². The highest BCUT2D eigenvalue weighted by molar-refractivity contribution is 8.10. The molecule has 6 nitrogen and oxygen atoms in total. The van der Waals surface area contributed by atoms with Gasteiger partial charge in [-0.15, -0.1) is 0 Å². The predicted octanol–water partition coefficient (Wildman–Crippen LogP) is 9.55. The van der Waals surface area contributed by atoms with Crippen LogP contribution in [0, 0.1) is 0 Å². The van der Waals surface area contributed by atoms with Crippen molar-refractivity contribution in [3.63, 3.8) is 0 Å². The van der Waals surface area contributed by atoms with Crippen LogP contribution in [0.15, 0.2) is 156 Å². The Hall–Kier alpha value is -4.02. The van der Waals surface area contributed by atoms with Gasteiger partial charge in [0.1, 0.15) is 28.7 Å². The minimum atomic E-state index is -3.74. The molecule has 5 rings (SSSR count). The molecule has 9 heteroatoms. The normalized spacial score (nSPS) is 11.2. The van der Waals surface area contributed by atoms with Crippen molar-refractivity contribution in [2.45, 2.75) is 0 Å². The van der Waals surface area contributed by atoms with E-state index in [1.165, 1.54) is 0 Å². The molecule has 0 aliphatic rings. The van der Waals surface area contributed by atoms with Crippen LogP contribution in [-0.2, 0) is 11.8 Å². The van der Waals surface area contributed by atoms with Crippen LogP contribution in [0.3, 0.4) is 0 Å². The van der Waals surface area contributed by atoms with Crippen molar-refractivity contribution in [2.75, 3.05) is 0 Å². The molecule has 39 heavy (non-hydrogen) atoms. The van der Waals surface area contributed by atoms with Gasteiger partial charge < -0.3 is 22.6 Å². The Morgan fingerprint density at radius 1 is 0.359 bits per heavy atom. The fraction of sp³-hybridized carbons (Fsp3) is 0. The molecule has 0 aliphatic heterocycles. The molecule has 0 fully saturated rings. The van der Waals surface area contributed by atoms with Gasteiger partial charge in [0.15, 0.2) is 0 Å². The van der Waals surface area contributed by atoms with E-state index in [1.807, 2.05) is 91.0 Å². The van der Waals surface area contributed by atoms with Crippen LogP contribution in [0.2, 0.25) is 0 Å². The third-order valence-electron chi connectivity index (χ3n) is 5.04. The highest BCUT2D eigenvalue weighted by atomic mass is 32.5. The zero-order chi connectivity index (χ0) is 26.8. The molecule has 0 aliphatic carbocycles. The molecule has 5 aromatic rings. The number of hydrogen-bond acceptors (Lipinski definition) is 6. The molecule has 0 saturated carbocycles. The Kier molecular flexibility index (Phi) is 8.65. The third kappa shape index (κ3) is 7.75. The minimum Gasteiger partial charge on any atom is -0.419 e. The molecule has 0 atom stereocenters. The van der Waals surface area contributed by atoms with Gasteiger partial charge in [-0.05, 0) is 60.7 Å². The molecular formula is C30H25NO5P2S. The van der Waals surface area contributed by atoms with Crippen LogP contribution in [0.4, 0.5) is 0 Å². The van der Waals surface area contributed by atoms with Crippen LogP contribution in [-0.4, -0.2) is 0 Å². The molecule has 0 spiro atoms. The van der Waals surface area contributed by atoms with E-state index >= 15 is 0 Å². The fourth-order valence-electron chi connectivity index (χ4n) is 3.37. The van der Waals surface area contributed by atoms with E-state index < -0.39 is 14.4 Å². The van der Waals surface area contributed by atoms with Crippen LogP contribution in [0.25, 0.3) is 0 Å². The molecule has 0 N–H and O–H groups in total. The Morgan fingerprint density at radius 3 is 0.846 bits per heavy atom. The zero-order valence-corrected chi connectivity index (χ0v) is 23.3. The van der Waals surface area contributed by atoms with Crippen molar-refractivity contribution >= 4 is 26.2 Å². The van der Waals surface area contributed by atoms with Gasteiger partial charge >= 0.3 is 14.4 Å². The minimum absolute atomic E-state index is 0.488. The van der Waals surface area contributed by atoms with Crippen LogP contribution in [0.5, 0.6) is 28.7 Å². The van der Waals surface area contributed by atoms with Crippen molar-refractivity contribution in [3.8, 4) is 28.7 Å². The van der Waals surface area contributed by atoms with Crippen molar-refractivity contribution in [3.05, 3.63) is 152 Å². The first-order valence-electron chi connectivity index (χ1n) is 12.1. The average molecular weight is 574 g/mol. The molecule has 0 radical (unpaired) electrons. The van der Waals surface area contributed by atoms with Gasteiger partial charge in [0.2, 0.25) is 0 Å². The Morgan fingerprint density at radius 2 is 0.590 bits per heavy atom. The lowest BCUT2D eigenvalue weighted by atomic mass is 10.3. The summed E-state index contributed by atoms with van der Waals surface area (Å²) in [5.74, 6) is 2.46. The topological polar surface area (TPSA) is 58.5 Å². The highest BCUT2D eigenvalue weighted by Gasteiger charge is 2.38. The van der Waals surface area contributed by atoms with Crippen molar-refractivity contribution in [1.29, 1.82) is 0 Å². The Balaban J connectivity index is 1.69. The predicted molar refractivity (Wildman–Crippen MR) is 159 cm³/mol. The summed E-state index contributed by atoms with van der Waals surface area (Å²) in [6.07, 6.45) is 0. The van der Waals surface area contributed by atoms with E-state index in [2.05, 4.69) is 0 Å². The third-order valence-corrected chi connectivity index (χ3v) is 10.1. The Labute approximate surface area is 233 Å². The van der Waals surface area contributed by atoms with Gasteiger partial charge in [0.25, 0.3) is 0 Å². The second kappa shape index (κ2) is 12.7. The maximum atomic E-state index is 6.48. The van der Waals surface area contributed by atoms with Crippen molar-refractivity contribution in [1.82, 2.24) is 0 Å².